The number of nitro groups is 1. The van der Waals surface area contributed by atoms with Crippen LogP contribution < -0.4 is 4.72 Å². The van der Waals surface area contributed by atoms with Crippen LogP contribution >= 0.6 is 11.6 Å². The summed E-state index contributed by atoms with van der Waals surface area (Å²) in [6.45, 7) is 0. The van der Waals surface area contributed by atoms with E-state index in [-0.39, 0.29) is 15.6 Å². The van der Waals surface area contributed by atoms with Gasteiger partial charge in [-0.3, -0.25) is 10.1 Å². The van der Waals surface area contributed by atoms with Crippen molar-refractivity contribution in [3.8, 4) is 0 Å². The van der Waals surface area contributed by atoms with Crippen LogP contribution in [-0.2, 0) is 10.0 Å². The second-order valence-electron chi connectivity index (χ2n) is 4.95. The summed E-state index contributed by atoms with van der Waals surface area (Å²) in [4.78, 5) is 9.74. The van der Waals surface area contributed by atoms with Crippen molar-refractivity contribution in [2.75, 3.05) is 0 Å². The molecule has 2 N–H and O–H groups in total. The number of sulfonamides is 1. The molecule has 0 bridgehead atoms. The fraction of sp³-hybridized carbons (Fsp3) is 0.500. The molecule has 0 amide bonds. The van der Waals surface area contributed by atoms with Crippen molar-refractivity contribution in [3.63, 3.8) is 0 Å². The Morgan fingerprint density at radius 3 is 2.57 bits per heavy atom. The van der Waals surface area contributed by atoms with E-state index in [2.05, 4.69) is 4.72 Å². The average molecular weight is 335 g/mol. The Hall–Kier alpha value is -1.22. The number of benzene rings is 1. The molecule has 1 saturated carbocycles. The van der Waals surface area contributed by atoms with E-state index >= 15 is 0 Å². The number of nitrogens with zero attached hydrogens (tertiary/aromatic N) is 1. The summed E-state index contributed by atoms with van der Waals surface area (Å²) >= 11 is 5.83. The number of non-ortho nitro benzene ring substituents is 1. The maximum atomic E-state index is 12.3. The Kier molecular flexibility index (Phi) is 4.82. The van der Waals surface area contributed by atoms with Crippen molar-refractivity contribution in [3.05, 3.63) is 33.3 Å². The molecule has 1 fully saturated rings. The van der Waals surface area contributed by atoms with E-state index in [9.17, 15) is 23.6 Å². The molecule has 116 valence electrons. The molecule has 0 heterocycles. The number of nitro benzene ring substituents is 1. The standard InChI is InChI=1S/C12H15ClN2O5S/c13-9-7-8(15(17)18)5-6-12(9)21(19,20)14-10-3-1-2-4-11(10)16/h5-7,10-11,14,16H,1-4H2. The van der Waals surface area contributed by atoms with Gasteiger partial charge in [-0.15, -0.1) is 0 Å². The molecule has 0 aromatic heterocycles. The Morgan fingerprint density at radius 2 is 2.00 bits per heavy atom. The molecule has 2 rings (SSSR count). The number of aliphatic hydroxyl groups is 1. The lowest BCUT2D eigenvalue weighted by molar-refractivity contribution is -0.384. The van der Waals surface area contributed by atoms with Crippen LogP contribution in [0.2, 0.25) is 5.02 Å². The number of nitrogens with one attached hydrogen (secondary N) is 1. The van der Waals surface area contributed by atoms with E-state index in [1.807, 2.05) is 0 Å². The van der Waals surface area contributed by atoms with Gasteiger partial charge in [0.1, 0.15) is 4.90 Å². The first-order valence-corrected chi connectivity index (χ1v) is 8.32. The molecule has 9 heteroatoms. The van der Waals surface area contributed by atoms with Gasteiger partial charge in [0.15, 0.2) is 0 Å². The second kappa shape index (κ2) is 6.27. The lowest BCUT2D eigenvalue weighted by Crippen LogP contribution is -2.45. The van der Waals surface area contributed by atoms with E-state index in [1.165, 1.54) is 0 Å². The zero-order valence-electron chi connectivity index (χ0n) is 11.0. The van der Waals surface area contributed by atoms with Crippen molar-refractivity contribution < 1.29 is 18.4 Å². The first-order valence-electron chi connectivity index (χ1n) is 6.45. The summed E-state index contributed by atoms with van der Waals surface area (Å²) in [5, 5.41) is 20.2. The van der Waals surface area contributed by atoms with Gasteiger partial charge >= 0.3 is 0 Å². The molecule has 21 heavy (non-hydrogen) atoms. The van der Waals surface area contributed by atoms with Gasteiger partial charge in [0.25, 0.3) is 5.69 Å². The van der Waals surface area contributed by atoms with Gasteiger partial charge in [-0.05, 0) is 18.9 Å². The minimum Gasteiger partial charge on any atom is -0.391 e. The van der Waals surface area contributed by atoms with Crippen molar-refractivity contribution in [2.24, 2.45) is 0 Å². The van der Waals surface area contributed by atoms with Crippen molar-refractivity contribution in [1.29, 1.82) is 0 Å². The van der Waals surface area contributed by atoms with E-state index in [4.69, 9.17) is 11.6 Å². The highest BCUT2D eigenvalue weighted by Gasteiger charge is 2.29. The third kappa shape index (κ3) is 3.70. The van der Waals surface area contributed by atoms with E-state index in [0.29, 0.717) is 12.8 Å². The average Bonchev–Trinajstić information content (AvgIpc) is 2.40. The van der Waals surface area contributed by atoms with Gasteiger partial charge in [0, 0.05) is 18.2 Å². The number of rotatable bonds is 4. The monoisotopic (exact) mass is 334 g/mol. The van der Waals surface area contributed by atoms with E-state index < -0.39 is 27.1 Å². The first kappa shape index (κ1) is 16.2. The van der Waals surface area contributed by atoms with E-state index in [0.717, 1.165) is 31.0 Å². The largest absolute Gasteiger partial charge is 0.391 e. The number of hydrogen-bond acceptors (Lipinski definition) is 5. The summed E-state index contributed by atoms with van der Waals surface area (Å²) in [6.07, 6.45) is 2.05. The van der Waals surface area contributed by atoms with Gasteiger partial charge in [-0.2, -0.15) is 0 Å². The van der Waals surface area contributed by atoms with Crippen LogP contribution in [0.1, 0.15) is 25.7 Å². The van der Waals surface area contributed by atoms with Crippen LogP contribution in [-0.4, -0.2) is 30.6 Å². The summed E-state index contributed by atoms with van der Waals surface area (Å²) in [5.41, 5.74) is -0.281. The molecular weight excluding hydrogens is 320 g/mol. The molecule has 0 saturated heterocycles. The molecule has 1 aromatic rings. The SMILES string of the molecule is O=[N+]([O-])c1ccc(S(=O)(=O)NC2CCCCC2O)c(Cl)c1. The molecule has 1 aliphatic carbocycles. The van der Waals surface area contributed by atoms with Gasteiger partial charge in [-0.1, -0.05) is 24.4 Å². The summed E-state index contributed by atoms with van der Waals surface area (Å²) < 4.78 is 27.0. The summed E-state index contributed by atoms with van der Waals surface area (Å²) in [7, 11) is -3.93. The highest BCUT2D eigenvalue weighted by molar-refractivity contribution is 7.89. The fourth-order valence-corrected chi connectivity index (χ4v) is 4.18. The van der Waals surface area contributed by atoms with Crippen LogP contribution in [0.5, 0.6) is 0 Å². The lowest BCUT2D eigenvalue weighted by atomic mass is 9.93. The van der Waals surface area contributed by atoms with Gasteiger partial charge in [0.2, 0.25) is 10.0 Å². The Labute approximate surface area is 127 Å². The molecular formula is C12H15ClN2O5S. The van der Waals surface area contributed by atoms with Crippen molar-refractivity contribution >= 4 is 27.3 Å². The van der Waals surface area contributed by atoms with Crippen LogP contribution in [0.3, 0.4) is 0 Å². The Bertz CT molecular complexity index is 649. The third-order valence-corrected chi connectivity index (χ3v) is 5.42. The molecule has 2 atom stereocenters. The maximum Gasteiger partial charge on any atom is 0.271 e. The predicted molar refractivity (Wildman–Crippen MR) is 76.7 cm³/mol. The zero-order chi connectivity index (χ0) is 15.6. The Balaban J connectivity index is 2.25. The number of hydrogen-bond donors (Lipinski definition) is 2. The molecule has 7 nitrogen and oxygen atoms in total. The zero-order valence-corrected chi connectivity index (χ0v) is 12.6. The highest BCUT2D eigenvalue weighted by atomic mass is 35.5. The first-order chi connectivity index (χ1) is 9.81. The second-order valence-corrected chi connectivity index (χ2v) is 7.04. The van der Waals surface area contributed by atoms with Gasteiger partial charge < -0.3 is 5.11 Å². The summed E-state index contributed by atoms with van der Waals surface area (Å²) in [5.74, 6) is 0. The predicted octanol–water partition coefficient (Wildman–Crippen LogP) is 1.83. The van der Waals surface area contributed by atoms with Gasteiger partial charge in [0.05, 0.1) is 16.0 Å². The van der Waals surface area contributed by atoms with Crippen LogP contribution in [0, 0.1) is 10.1 Å². The summed E-state index contributed by atoms with van der Waals surface area (Å²) in [6, 6.07) is 2.61. The highest BCUT2D eigenvalue weighted by Crippen LogP contribution is 2.27. The van der Waals surface area contributed by atoms with Crippen LogP contribution in [0.15, 0.2) is 23.1 Å². The lowest BCUT2D eigenvalue weighted by Gasteiger charge is -2.28. The molecule has 1 aliphatic rings. The molecule has 0 spiro atoms. The normalized spacial score (nSPS) is 23.0. The third-order valence-electron chi connectivity index (χ3n) is 3.45. The molecule has 0 aliphatic heterocycles. The maximum absolute atomic E-state index is 12.3. The number of aliphatic hydroxyl groups excluding tert-OH is 1. The van der Waals surface area contributed by atoms with Crippen LogP contribution in [0.4, 0.5) is 5.69 Å². The van der Waals surface area contributed by atoms with E-state index in [1.54, 1.807) is 0 Å². The molecule has 1 aromatic carbocycles. The molecule has 2 unspecified atom stereocenters. The minimum absolute atomic E-state index is 0.220. The quantitative estimate of drug-likeness (QED) is 0.644. The molecule has 0 radical (unpaired) electrons. The fourth-order valence-electron chi connectivity index (χ4n) is 2.33. The Morgan fingerprint density at radius 1 is 1.33 bits per heavy atom. The van der Waals surface area contributed by atoms with Crippen molar-refractivity contribution in [2.45, 2.75) is 42.7 Å². The minimum atomic E-state index is -3.93. The van der Waals surface area contributed by atoms with Crippen LogP contribution in [0.25, 0.3) is 0 Å². The smallest absolute Gasteiger partial charge is 0.271 e. The van der Waals surface area contributed by atoms with Gasteiger partial charge in [-0.25, -0.2) is 13.1 Å². The topological polar surface area (TPSA) is 110 Å². The number of halogens is 1. The van der Waals surface area contributed by atoms with Crippen molar-refractivity contribution in [1.82, 2.24) is 4.72 Å².